The molecule has 0 aromatic carbocycles. The lowest BCUT2D eigenvalue weighted by molar-refractivity contribution is -0.157. The Morgan fingerprint density at radius 3 is 2.31 bits per heavy atom. The van der Waals surface area contributed by atoms with Crippen molar-refractivity contribution in [3.8, 4) is 0 Å². The first-order valence-corrected chi connectivity index (χ1v) is 4.47. The molecule has 0 heterocycles. The van der Waals surface area contributed by atoms with Gasteiger partial charge in [-0.3, -0.25) is 4.79 Å². The number of carbonyl (C=O) groups is 2. The zero-order valence-electron chi connectivity index (χ0n) is 8.61. The molecule has 0 fully saturated rings. The number of hydrogen-bond acceptors (Lipinski definition) is 8. The minimum Gasteiger partial charge on any atom is -0.394 e. The zero-order chi connectivity index (χ0) is 12.7. The lowest BCUT2D eigenvalue weighted by Gasteiger charge is -2.25. The fourth-order valence-corrected chi connectivity index (χ4v) is 0.877. The van der Waals surface area contributed by atoms with Gasteiger partial charge in [-0.1, -0.05) is 0 Å². The summed E-state index contributed by atoms with van der Waals surface area (Å²) in [5.41, 5.74) is 1.91. The second kappa shape index (κ2) is 7.25. The highest BCUT2D eigenvalue weighted by Gasteiger charge is 2.31. The van der Waals surface area contributed by atoms with E-state index in [0.29, 0.717) is 0 Å². The Labute approximate surface area is 91.4 Å². The molecule has 0 unspecified atom stereocenters. The average Bonchev–Trinajstić information content (AvgIpc) is 2.27. The molecule has 8 nitrogen and oxygen atoms in total. The monoisotopic (exact) mass is 237 g/mol. The van der Waals surface area contributed by atoms with E-state index in [1.54, 1.807) is 0 Å². The number of hydrogen-bond donors (Lipinski definition) is 5. The van der Waals surface area contributed by atoms with Gasteiger partial charge in [0.15, 0.2) is 0 Å². The van der Waals surface area contributed by atoms with Crippen molar-refractivity contribution in [2.45, 2.75) is 31.3 Å². The average molecular weight is 237 g/mol. The molecule has 0 aromatic rings. The van der Waals surface area contributed by atoms with Crippen LogP contribution < -0.4 is 5.48 Å². The molecule has 0 amide bonds. The Morgan fingerprint density at radius 2 is 1.94 bits per heavy atom. The third-order valence-corrected chi connectivity index (χ3v) is 1.78. The van der Waals surface area contributed by atoms with E-state index >= 15 is 0 Å². The van der Waals surface area contributed by atoms with Crippen LogP contribution in [0.4, 0.5) is 0 Å². The number of hydroxylamine groups is 1. The summed E-state index contributed by atoms with van der Waals surface area (Å²) >= 11 is 0. The molecule has 0 saturated heterocycles. The van der Waals surface area contributed by atoms with Crippen LogP contribution in [0, 0.1) is 0 Å². The summed E-state index contributed by atoms with van der Waals surface area (Å²) in [7, 11) is 0. The van der Waals surface area contributed by atoms with Gasteiger partial charge in [0.2, 0.25) is 0 Å². The van der Waals surface area contributed by atoms with Crippen molar-refractivity contribution in [1.29, 1.82) is 0 Å². The third-order valence-electron chi connectivity index (χ3n) is 1.78. The number of aldehydes is 1. The van der Waals surface area contributed by atoms with Crippen LogP contribution in [0.3, 0.4) is 0 Å². The SMILES string of the molecule is CC(=O)ON[C@@H](C=O)[C@@H](O)[C@@H](O)[C@H](O)CO. The van der Waals surface area contributed by atoms with E-state index in [4.69, 9.17) is 10.2 Å². The van der Waals surface area contributed by atoms with E-state index in [1.165, 1.54) is 0 Å². The Hall–Kier alpha value is -1.06. The molecule has 0 rings (SSSR count). The maximum absolute atomic E-state index is 10.5. The molecule has 0 aliphatic carbocycles. The largest absolute Gasteiger partial charge is 0.394 e. The number of aliphatic hydroxyl groups excluding tert-OH is 4. The predicted molar refractivity (Wildman–Crippen MR) is 49.9 cm³/mol. The molecule has 94 valence electrons. The maximum Gasteiger partial charge on any atom is 0.321 e. The molecule has 8 heteroatoms. The highest BCUT2D eigenvalue weighted by Crippen LogP contribution is 2.03. The van der Waals surface area contributed by atoms with Gasteiger partial charge in [-0.15, -0.1) is 5.48 Å². The van der Waals surface area contributed by atoms with Crippen molar-refractivity contribution < 1.29 is 34.9 Å². The van der Waals surface area contributed by atoms with E-state index in [2.05, 4.69) is 4.84 Å². The fourth-order valence-electron chi connectivity index (χ4n) is 0.877. The van der Waals surface area contributed by atoms with Gasteiger partial charge < -0.3 is 30.1 Å². The van der Waals surface area contributed by atoms with E-state index in [0.717, 1.165) is 6.92 Å². The number of carbonyl (C=O) groups excluding carboxylic acids is 2. The van der Waals surface area contributed by atoms with Crippen molar-refractivity contribution in [2.24, 2.45) is 0 Å². The van der Waals surface area contributed by atoms with Crippen LogP contribution in [0.2, 0.25) is 0 Å². The van der Waals surface area contributed by atoms with Crippen molar-refractivity contribution in [1.82, 2.24) is 5.48 Å². The lowest BCUT2D eigenvalue weighted by Crippen LogP contribution is -2.52. The molecule has 0 aromatic heterocycles. The van der Waals surface area contributed by atoms with Crippen LogP contribution in [0.1, 0.15) is 6.92 Å². The van der Waals surface area contributed by atoms with Gasteiger partial charge in [0, 0.05) is 6.92 Å². The van der Waals surface area contributed by atoms with E-state index in [9.17, 15) is 19.8 Å². The Bertz CT molecular complexity index is 234. The van der Waals surface area contributed by atoms with Gasteiger partial charge >= 0.3 is 5.97 Å². The predicted octanol–water partition coefficient (Wildman–Crippen LogP) is -3.30. The normalized spacial score (nSPS) is 18.3. The van der Waals surface area contributed by atoms with Gasteiger partial charge in [0.05, 0.1) is 6.61 Å². The van der Waals surface area contributed by atoms with Crippen molar-refractivity contribution in [3.05, 3.63) is 0 Å². The van der Waals surface area contributed by atoms with Gasteiger partial charge in [-0.25, -0.2) is 0 Å². The first-order valence-electron chi connectivity index (χ1n) is 4.47. The van der Waals surface area contributed by atoms with Crippen LogP contribution in [0.15, 0.2) is 0 Å². The molecular formula is C8H15NO7. The summed E-state index contributed by atoms with van der Waals surface area (Å²) in [5.74, 6) is -0.740. The summed E-state index contributed by atoms with van der Waals surface area (Å²) in [5, 5.41) is 36.2. The van der Waals surface area contributed by atoms with E-state index < -0.39 is 36.9 Å². The van der Waals surface area contributed by atoms with Gasteiger partial charge in [-0.2, -0.15) is 0 Å². The second-order valence-electron chi connectivity index (χ2n) is 3.10. The summed E-state index contributed by atoms with van der Waals surface area (Å²) in [6, 6.07) is -1.40. The van der Waals surface area contributed by atoms with Crippen LogP contribution in [0.25, 0.3) is 0 Å². The quantitative estimate of drug-likeness (QED) is 0.229. The minimum absolute atomic E-state index is 0.195. The zero-order valence-corrected chi connectivity index (χ0v) is 8.61. The molecule has 0 spiro atoms. The summed E-state index contributed by atoms with van der Waals surface area (Å²) in [6.45, 7) is 0.289. The van der Waals surface area contributed by atoms with Crippen molar-refractivity contribution >= 4 is 12.3 Å². The highest BCUT2D eigenvalue weighted by molar-refractivity contribution is 5.66. The van der Waals surface area contributed by atoms with Gasteiger partial charge in [0.25, 0.3) is 0 Å². The molecule has 16 heavy (non-hydrogen) atoms. The highest BCUT2D eigenvalue weighted by atomic mass is 16.7. The Kier molecular flexibility index (Phi) is 6.77. The molecule has 0 radical (unpaired) electrons. The Balaban J connectivity index is 4.33. The standard InChI is InChI=1S/C8H15NO7/c1-4(12)16-9-5(2-10)7(14)8(15)6(13)3-11/h2,5-9,11,13-15H,3H2,1H3/t5-,6+,7+,8-/m0/s1. The smallest absolute Gasteiger partial charge is 0.321 e. The molecule has 0 saturated carbocycles. The molecule has 0 aliphatic rings. The topological polar surface area (TPSA) is 136 Å². The van der Waals surface area contributed by atoms with Gasteiger partial charge in [0.1, 0.15) is 30.6 Å². The fraction of sp³-hybridized carbons (Fsp3) is 0.750. The molecular weight excluding hydrogens is 222 g/mol. The third kappa shape index (κ3) is 4.64. The minimum atomic E-state index is -1.75. The van der Waals surface area contributed by atoms with E-state index in [-0.39, 0.29) is 6.29 Å². The number of aliphatic hydroxyl groups is 4. The maximum atomic E-state index is 10.5. The van der Waals surface area contributed by atoms with Crippen molar-refractivity contribution in [2.75, 3.05) is 6.61 Å². The van der Waals surface area contributed by atoms with Crippen LogP contribution in [-0.2, 0) is 14.4 Å². The number of nitrogens with one attached hydrogen (secondary N) is 1. The van der Waals surface area contributed by atoms with E-state index in [1.807, 2.05) is 5.48 Å². The van der Waals surface area contributed by atoms with Crippen molar-refractivity contribution in [3.63, 3.8) is 0 Å². The first kappa shape index (κ1) is 14.9. The molecule has 0 aliphatic heterocycles. The lowest BCUT2D eigenvalue weighted by atomic mass is 10.0. The molecule has 5 N–H and O–H groups in total. The molecule has 0 bridgehead atoms. The Morgan fingerprint density at radius 1 is 1.38 bits per heavy atom. The van der Waals surface area contributed by atoms with Crippen LogP contribution in [-0.4, -0.2) is 63.6 Å². The summed E-state index contributed by atoms with van der Waals surface area (Å²) < 4.78 is 0. The van der Waals surface area contributed by atoms with Crippen LogP contribution in [0.5, 0.6) is 0 Å². The first-order chi connectivity index (χ1) is 7.43. The van der Waals surface area contributed by atoms with Crippen LogP contribution >= 0.6 is 0 Å². The molecule has 4 atom stereocenters. The number of rotatable bonds is 7. The summed E-state index contributed by atoms with van der Waals surface area (Å²) in [6.07, 6.45) is -4.88. The van der Waals surface area contributed by atoms with Gasteiger partial charge in [-0.05, 0) is 0 Å². The summed E-state index contributed by atoms with van der Waals surface area (Å²) in [4.78, 5) is 25.2. The second-order valence-corrected chi connectivity index (χ2v) is 3.10.